The molecule has 2 aromatic rings. The van der Waals surface area contributed by atoms with Gasteiger partial charge in [0.05, 0.1) is 13.0 Å². The Kier molecular flexibility index (Phi) is 6.19. The van der Waals surface area contributed by atoms with E-state index >= 15 is 0 Å². The second-order valence-corrected chi connectivity index (χ2v) is 7.17. The molecule has 6 nitrogen and oxygen atoms in total. The van der Waals surface area contributed by atoms with Gasteiger partial charge in [-0.1, -0.05) is 18.2 Å². The number of hydrogen-bond acceptors (Lipinski definition) is 4. The van der Waals surface area contributed by atoms with Crippen molar-refractivity contribution in [3.8, 4) is 5.75 Å². The van der Waals surface area contributed by atoms with Gasteiger partial charge < -0.3 is 19.9 Å². The number of ether oxygens (including phenoxy) is 1. The molecule has 6 heteroatoms. The Morgan fingerprint density at radius 3 is 2.57 bits per heavy atom. The number of methoxy groups -OCH3 is 1. The lowest BCUT2D eigenvalue weighted by molar-refractivity contribution is -0.126. The molecular weight excluding hydrogens is 354 g/mol. The number of anilines is 2. The smallest absolute Gasteiger partial charge is 0.227 e. The third kappa shape index (κ3) is 4.44. The first kappa shape index (κ1) is 19.7. The predicted molar refractivity (Wildman–Crippen MR) is 111 cm³/mol. The molecule has 0 saturated carbocycles. The molecule has 1 heterocycles. The highest BCUT2D eigenvalue weighted by molar-refractivity contribution is 6.00. The average molecular weight is 381 g/mol. The number of para-hydroxylation sites is 1. The Hall–Kier alpha value is -3.02. The van der Waals surface area contributed by atoms with E-state index < -0.39 is 0 Å². The summed E-state index contributed by atoms with van der Waals surface area (Å²) in [5.41, 5.74) is 2.95. The maximum absolute atomic E-state index is 12.5. The van der Waals surface area contributed by atoms with Crippen LogP contribution in [-0.2, 0) is 16.0 Å². The molecule has 2 aromatic carbocycles. The minimum atomic E-state index is -0.321. The lowest BCUT2D eigenvalue weighted by atomic mass is 10.1. The Morgan fingerprint density at radius 2 is 1.89 bits per heavy atom. The van der Waals surface area contributed by atoms with Crippen molar-refractivity contribution in [2.75, 3.05) is 44.1 Å². The van der Waals surface area contributed by atoms with Gasteiger partial charge in [0.1, 0.15) is 5.75 Å². The van der Waals surface area contributed by atoms with E-state index in [0.717, 1.165) is 22.7 Å². The Balaban J connectivity index is 1.54. The van der Waals surface area contributed by atoms with E-state index in [-0.39, 0.29) is 24.2 Å². The second-order valence-electron chi connectivity index (χ2n) is 7.17. The molecule has 0 radical (unpaired) electrons. The summed E-state index contributed by atoms with van der Waals surface area (Å²) in [6, 6.07) is 15.6. The van der Waals surface area contributed by atoms with Crippen molar-refractivity contribution < 1.29 is 14.3 Å². The van der Waals surface area contributed by atoms with Crippen molar-refractivity contribution in [3.63, 3.8) is 0 Å². The van der Waals surface area contributed by atoms with E-state index in [2.05, 4.69) is 5.32 Å². The highest BCUT2D eigenvalue weighted by Crippen LogP contribution is 2.27. The fourth-order valence-electron chi connectivity index (χ4n) is 3.44. The molecule has 148 valence electrons. The zero-order valence-corrected chi connectivity index (χ0v) is 16.6. The first-order valence-electron chi connectivity index (χ1n) is 9.47. The van der Waals surface area contributed by atoms with E-state index in [0.29, 0.717) is 19.5 Å². The summed E-state index contributed by atoms with van der Waals surface area (Å²) in [6.07, 6.45) is 0.933. The largest absolute Gasteiger partial charge is 0.496 e. The Morgan fingerprint density at radius 1 is 1.18 bits per heavy atom. The van der Waals surface area contributed by atoms with Gasteiger partial charge in [0.15, 0.2) is 0 Å². The van der Waals surface area contributed by atoms with Crippen LogP contribution in [0.3, 0.4) is 0 Å². The van der Waals surface area contributed by atoms with Crippen LogP contribution in [0.25, 0.3) is 0 Å². The van der Waals surface area contributed by atoms with Crippen molar-refractivity contribution >= 4 is 23.2 Å². The van der Waals surface area contributed by atoms with Crippen LogP contribution in [0.5, 0.6) is 5.75 Å². The molecule has 1 aliphatic heterocycles. The number of nitrogens with one attached hydrogen (secondary N) is 1. The van der Waals surface area contributed by atoms with Gasteiger partial charge in [0.25, 0.3) is 0 Å². The minimum absolute atomic E-state index is 0.0116. The van der Waals surface area contributed by atoms with Gasteiger partial charge in [-0.2, -0.15) is 0 Å². The maximum Gasteiger partial charge on any atom is 0.227 e. The van der Waals surface area contributed by atoms with Gasteiger partial charge in [0.2, 0.25) is 11.8 Å². The fourth-order valence-corrected chi connectivity index (χ4v) is 3.44. The summed E-state index contributed by atoms with van der Waals surface area (Å²) in [4.78, 5) is 28.6. The van der Waals surface area contributed by atoms with Crippen LogP contribution in [-0.4, -0.2) is 46.1 Å². The predicted octanol–water partition coefficient (Wildman–Crippen LogP) is 2.47. The van der Waals surface area contributed by atoms with Crippen LogP contribution >= 0.6 is 0 Å². The summed E-state index contributed by atoms with van der Waals surface area (Å²) in [6.45, 7) is 0.933. The third-order valence-corrected chi connectivity index (χ3v) is 5.06. The van der Waals surface area contributed by atoms with Crippen LogP contribution in [0, 0.1) is 5.92 Å². The minimum Gasteiger partial charge on any atom is -0.496 e. The van der Waals surface area contributed by atoms with Gasteiger partial charge >= 0.3 is 0 Å². The highest BCUT2D eigenvalue weighted by Gasteiger charge is 2.34. The lowest BCUT2D eigenvalue weighted by Crippen LogP contribution is -2.34. The SMILES string of the molecule is COc1ccccc1CCNC(=O)C1CC(=O)N(c2ccc(N(C)C)cc2)C1. The van der Waals surface area contributed by atoms with E-state index in [4.69, 9.17) is 4.74 Å². The summed E-state index contributed by atoms with van der Waals surface area (Å²) in [5, 5.41) is 2.96. The first-order chi connectivity index (χ1) is 13.5. The number of benzene rings is 2. The van der Waals surface area contributed by atoms with Crippen molar-refractivity contribution in [2.45, 2.75) is 12.8 Å². The van der Waals surface area contributed by atoms with Crippen LogP contribution in [0.2, 0.25) is 0 Å². The molecule has 1 aliphatic rings. The van der Waals surface area contributed by atoms with Gasteiger partial charge in [-0.25, -0.2) is 0 Å². The van der Waals surface area contributed by atoms with E-state index in [9.17, 15) is 9.59 Å². The third-order valence-electron chi connectivity index (χ3n) is 5.06. The maximum atomic E-state index is 12.5. The standard InChI is InChI=1S/C22H27N3O3/c1-24(2)18-8-10-19(11-9-18)25-15-17(14-21(25)26)22(27)23-13-12-16-6-4-5-7-20(16)28-3/h4-11,17H,12-15H2,1-3H3,(H,23,27). The van der Waals surface area contributed by atoms with E-state index in [1.165, 1.54) is 0 Å². The molecule has 1 atom stereocenters. The summed E-state index contributed by atoms with van der Waals surface area (Å²) in [5.74, 6) is 0.414. The number of carbonyl (C=O) groups excluding carboxylic acids is 2. The van der Waals surface area contributed by atoms with Crippen molar-refractivity contribution in [1.29, 1.82) is 0 Å². The number of hydrogen-bond donors (Lipinski definition) is 1. The topological polar surface area (TPSA) is 61.9 Å². The molecule has 0 spiro atoms. The molecule has 3 rings (SSSR count). The first-order valence-corrected chi connectivity index (χ1v) is 9.47. The number of rotatable bonds is 7. The molecular formula is C22H27N3O3. The molecule has 0 bridgehead atoms. The zero-order chi connectivity index (χ0) is 20.1. The van der Waals surface area contributed by atoms with E-state index in [1.807, 2.05) is 67.5 Å². The summed E-state index contributed by atoms with van der Waals surface area (Å²) in [7, 11) is 5.59. The van der Waals surface area contributed by atoms with E-state index in [1.54, 1.807) is 12.0 Å². The summed E-state index contributed by atoms with van der Waals surface area (Å²) < 4.78 is 5.34. The Bertz CT molecular complexity index is 833. The van der Waals surface area contributed by atoms with Crippen LogP contribution in [0.4, 0.5) is 11.4 Å². The van der Waals surface area contributed by atoms with Crippen molar-refractivity contribution in [1.82, 2.24) is 5.32 Å². The number of carbonyl (C=O) groups is 2. The Labute approximate surface area is 166 Å². The quantitative estimate of drug-likeness (QED) is 0.800. The van der Waals surface area contributed by atoms with Gasteiger partial charge in [-0.15, -0.1) is 0 Å². The average Bonchev–Trinajstić information content (AvgIpc) is 3.10. The monoisotopic (exact) mass is 381 g/mol. The molecule has 0 aromatic heterocycles. The summed E-state index contributed by atoms with van der Waals surface area (Å²) >= 11 is 0. The lowest BCUT2D eigenvalue weighted by Gasteiger charge is -2.19. The molecule has 1 fully saturated rings. The van der Waals surface area contributed by atoms with Gasteiger partial charge in [-0.05, 0) is 42.3 Å². The normalized spacial score (nSPS) is 16.2. The van der Waals surface area contributed by atoms with Crippen LogP contribution in [0.15, 0.2) is 48.5 Å². The van der Waals surface area contributed by atoms with Crippen LogP contribution in [0.1, 0.15) is 12.0 Å². The second kappa shape index (κ2) is 8.78. The highest BCUT2D eigenvalue weighted by atomic mass is 16.5. The fraction of sp³-hybridized carbons (Fsp3) is 0.364. The molecule has 0 aliphatic carbocycles. The molecule has 1 unspecified atom stereocenters. The number of amides is 2. The van der Waals surface area contributed by atoms with Crippen molar-refractivity contribution in [2.24, 2.45) is 5.92 Å². The molecule has 28 heavy (non-hydrogen) atoms. The molecule has 1 N–H and O–H groups in total. The number of nitrogens with zero attached hydrogens (tertiary/aromatic N) is 2. The van der Waals surface area contributed by atoms with Gasteiger partial charge in [-0.3, -0.25) is 9.59 Å². The van der Waals surface area contributed by atoms with Crippen LogP contribution < -0.4 is 19.9 Å². The molecule has 1 saturated heterocycles. The molecule has 2 amide bonds. The van der Waals surface area contributed by atoms with Crippen molar-refractivity contribution in [3.05, 3.63) is 54.1 Å². The zero-order valence-electron chi connectivity index (χ0n) is 16.6. The van der Waals surface area contributed by atoms with Gasteiger partial charge in [0, 0.05) is 45.0 Å².